The van der Waals surface area contributed by atoms with Gasteiger partial charge in [0, 0.05) is 0 Å². The van der Waals surface area contributed by atoms with Crippen LogP contribution in [0.2, 0.25) is 12.1 Å². The van der Waals surface area contributed by atoms with Gasteiger partial charge in [-0.25, -0.2) is 0 Å². The second-order valence-electron chi connectivity index (χ2n) is 9.77. The molecular formula is C29H32Cl2HfSi-2. The first-order valence-corrected chi connectivity index (χ1v) is 19.3. The van der Waals surface area contributed by atoms with E-state index in [1.54, 1.807) is 52.6 Å². The fourth-order valence-electron chi connectivity index (χ4n) is 4.67. The number of halogens is 2. The van der Waals surface area contributed by atoms with E-state index in [0.29, 0.717) is 5.49 Å². The average Bonchev–Trinajstić information content (AvgIpc) is 3.65. The van der Waals surface area contributed by atoms with Crippen molar-refractivity contribution in [2.24, 2.45) is 0 Å². The van der Waals surface area contributed by atoms with Crippen molar-refractivity contribution < 1.29 is 47.8 Å². The van der Waals surface area contributed by atoms with E-state index in [-0.39, 0.29) is 24.8 Å². The molecule has 2 saturated carbocycles. The standard InChI is InChI=1S/2C13H13.C3H6Si.2ClH.Hf/c2*1-9-7-11-3-2-4-12(10-5-6-10)13(11)8-9;1-2-4-3-1;;;/h2*2-4,7-8,10H,5-6H2,1H3;1-3H2;2*1H;/q2*-1;;;;+2/p-2. The summed E-state index contributed by atoms with van der Waals surface area (Å²) in [6, 6.07) is 25.9. The van der Waals surface area contributed by atoms with Crippen molar-refractivity contribution in [1.82, 2.24) is 0 Å². The number of hydrogen-bond donors (Lipinski definition) is 0. The van der Waals surface area contributed by atoms with Crippen LogP contribution in [0.1, 0.15) is 66.2 Å². The molecule has 3 fully saturated rings. The van der Waals surface area contributed by atoms with Crippen LogP contribution in [0, 0.1) is 13.8 Å². The van der Waals surface area contributed by atoms with Gasteiger partial charge in [-0.1, -0.05) is 37.1 Å². The Balaban J connectivity index is 0.000000147. The molecule has 4 heteroatoms. The zero-order valence-electron chi connectivity index (χ0n) is 19.6. The molecule has 0 spiro atoms. The molecule has 0 amide bonds. The van der Waals surface area contributed by atoms with Crippen molar-refractivity contribution in [1.29, 1.82) is 0 Å². The molecule has 33 heavy (non-hydrogen) atoms. The van der Waals surface area contributed by atoms with Gasteiger partial charge < -0.3 is 24.8 Å². The van der Waals surface area contributed by atoms with Crippen molar-refractivity contribution >= 4 is 27.0 Å². The Morgan fingerprint density at radius 3 is 1.42 bits per heavy atom. The quantitative estimate of drug-likeness (QED) is 0.230. The van der Waals surface area contributed by atoms with Crippen LogP contribution in [0.25, 0.3) is 21.5 Å². The van der Waals surface area contributed by atoms with Gasteiger partial charge in [-0.15, -0.1) is 69.1 Å². The Bertz CT molecular complexity index is 1130. The van der Waals surface area contributed by atoms with Crippen molar-refractivity contribution in [2.45, 2.75) is 69.9 Å². The summed E-state index contributed by atoms with van der Waals surface area (Å²) in [6.45, 7) is 4.35. The fraction of sp³-hybridized carbons (Fsp3) is 0.379. The molecule has 4 aromatic rings. The van der Waals surface area contributed by atoms with Gasteiger partial charge in [0.1, 0.15) is 0 Å². The van der Waals surface area contributed by atoms with E-state index < -0.39 is 0 Å². The van der Waals surface area contributed by atoms with E-state index in [4.69, 9.17) is 0 Å². The topological polar surface area (TPSA) is 0 Å². The second-order valence-corrected chi connectivity index (χ2v) is 19.6. The molecule has 2 aliphatic carbocycles. The van der Waals surface area contributed by atoms with Crippen LogP contribution >= 0.6 is 0 Å². The summed E-state index contributed by atoms with van der Waals surface area (Å²) in [5.41, 5.74) is 6.38. The first kappa shape index (κ1) is 26.9. The molecule has 0 N–H and O–H groups in total. The van der Waals surface area contributed by atoms with Crippen LogP contribution in [0.3, 0.4) is 0 Å². The molecular weight excluding hydrogens is 626 g/mol. The summed E-state index contributed by atoms with van der Waals surface area (Å²) in [7, 11) is 0. The molecule has 0 radical (unpaired) electrons. The minimum absolute atomic E-state index is 0. The molecule has 7 rings (SSSR count). The van der Waals surface area contributed by atoms with E-state index in [9.17, 15) is 0 Å². The first-order valence-electron chi connectivity index (χ1n) is 12.0. The van der Waals surface area contributed by atoms with Gasteiger partial charge in [0.05, 0.1) is 0 Å². The molecule has 4 aromatic carbocycles. The van der Waals surface area contributed by atoms with E-state index in [0.717, 1.165) is 11.8 Å². The minimum atomic E-state index is 0. The zero-order valence-corrected chi connectivity index (χ0v) is 25.7. The number of rotatable bonds is 2. The van der Waals surface area contributed by atoms with Crippen LogP contribution in [-0.2, 0) is 23.0 Å². The summed E-state index contributed by atoms with van der Waals surface area (Å²) in [5.74, 6) is 1.73. The third kappa shape index (κ3) is 6.72. The molecule has 1 saturated heterocycles. The van der Waals surface area contributed by atoms with Gasteiger partial charge in [0.25, 0.3) is 0 Å². The maximum absolute atomic E-state index is 2.32. The summed E-state index contributed by atoms with van der Waals surface area (Å²) in [4.78, 5) is 0. The Kier molecular flexibility index (Phi) is 9.66. The van der Waals surface area contributed by atoms with Crippen LogP contribution < -0.4 is 24.8 Å². The molecule has 172 valence electrons. The van der Waals surface area contributed by atoms with Gasteiger partial charge in [0.15, 0.2) is 0 Å². The van der Waals surface area contributed by atoms with E-state index in [2.05, 4.69) is 74.5 Å². The summed E-state index contributed by atoms with van der Waals surface area (Å²) >= 11 is 1.56. The van der Waals surface area contributed by atoms with E-state index >= 15 is 0 Å². The Hall–Kier alpha value is -0.673. The van der Waals surface area contributed by atoms with Crippen LogP contribution in [0.15, 0.2) is 60.7 Å². The van der Waals surface area contributed by atoms with Gasteiger partial charge >= 0.3 is 47.0 Å². The molecule has 0 unspecified atom stereocenters. The van der Waals surface area contributed by atoms with Gasteiger partial charge in [0.2, 0.25) is 0 Å². The van der Waals surface area contributed by atoms with Crippen molar-refractivity contribution in [3.8, 4) is 0 Å². The summed E-state index contributed by atoms with van der Waals surface area (Å²) < 4.78 is 0. The molecule has 0 aromatic heterocycles. The Morgan fingerprint density at radius 2 is 1.12 bits per heavy atom. The number of benzene rings is 2. The Morgan fingerprint density at radius 1 is 0.727 bits per heavy atom. The van der Waals surface area contributed by atoms with Gasteiger partial charge in [-0.05, 0) is 37.5 Å². The SMILES string of the molecule is Cc1cc2c(C3CC3)cccc2[cH-]1.Cc1cc2c(C3CC3)cccc2[cH-]1.[Cl-].[Cl-].[Hf+2]=[Si]1CCC1. The van der Waals surface area contributed by atoms with Crippen LogP contribution in [0.5, 0.6) is 0 Å². The third-order valence-electron chi connectivity index (χ3n) is 6.85. The summed E-state index contributed by atoms with van der Waals surface area (Å²) in [6.07, 6.45) is 7.14. The normalized spacial score (nSPS) is 16.5. The third-order valence-corrected chi connectivity index (χ3v) is 14.2. The number of hydrogen-bond acceptors (Lipinski definition) is 0. The Labute approximate surface area is 226 Å². The molecule has 1 heterocycles. The van der Waals surface area contributed by atoms with E-state index in [1.807, 2.05) is 0 Å². The first-order chi connectivity index (χ1) is 15.1. The average molecular weight is 658 g/mol. The van der Waals surface area contributed by atoms with Crippen molar-refractivity contribution in [2.75, 3.05) is 0 Å². The molecule has 0 bridgehead atoms. The number of aryl methyl sites for hydroxylation is 2. The molecule has 3 aliphatic rings. The maximum atomic E-state index is 2.32. The predicted molar refractivity (Wildman–Crippen MR) is 132 cm³/mol. The monoisotopic (exact) mass is 658 g/mol. The van der Waals surface area contributed by atoms with Gasteiger partial charge in [-0.2, -0.15) is 12.1 Å². The second kappa shape index (κ2) is 11.8. The van der Waals surface area contributed by atoms with Crippen molar-refractivity contribution in [3.63, 3.8) is 0 Å². The zero-order chi connectivity index (χ0) is 21.4. The molecule has 0 atom stereocenters. The predicted octanol–water partition coefficient (Wildman–Crippen LogP) is 2.43. The molecule has 0 nitrogen and oxygen atoms in total. The fourth-order valence-corrected chi connectivity index (χ4v) is 9.19. The van der Waals surface area contributed by atoms with E-state index in [1.165, 1.54) is 58.4 Å². The number of fused-ring (bicyclic) bond motifs is 2. The van der Waals surface area contributed by atoms with Gasteiger partial charge in [-0.3, -0.25) is 0 Å². The molecule has 1 aliphatic heterocycles. The van der Waals surface area contributed by atoms with Crippen LogP contribution in [-0.4, -0.2) is 5.49 Å². The van der Waals surface area contributed by atoms with Crippen LogP contribution in [0.4, 0.5) is 0 Å². The summed E-state index contributed by atoms with van der Waals surface area (Å²) in [5, 5.41) is 5.81. The van der Waals surface area contributed by atoms with Crippen molar-refractivity contribution in [3.05, 3.63) is 82.9 Å².